The molecule has 1 rings (SSSR count). The average molecular weight is 293 g/mol. The van der Waals surface area contributed by atoms with Crippen molar-refractivity contribution in [3.05, 3.63) is 23.3 Å². The summed E-state index contributed by atoms with van der Waals surface area (Å²) in [5.41, 5.74) is 2.87. The standard InChI is InChI=1S/C20H36O/c1-15(2)8-7-9-17(5)12-13-21-20-14-18(6)10-11-19(20)16(3)4/h8,12,16,18-20H,7,9-11,13-14H2,1-6H3/b17-12+/t18-,19+,20-/m1/s1. The minimum absolute atomic E-state index is 0.468. The molecular weight excluding hydrogens is 256 g/mol. The maximum atomic E-state index is 6.23. The molecule has 1 nitrogen and oxygen atoms in total. The number of allylic oxidation sites excluding steroid dienone is 3. The van der Waals surface area contributed by atoms with Crippen LogP contribution in [0.2, 0.25) is 0 Å². The predicted molar refractivity (Wildman–Crippen MR) is 93.5 cm³/mol. The first-order chi connectivity index (χ1) is 9.90. The van der Waals surface area contributed by atoms with E-state index in [1.807, 2.05) is 0 Å². The molecule has 1 heteroatoms. The molecule has 1 aliphatic carbocycles. The van der Waals surface area contributed by atoms with Gasteiger partial charge >= 0.3 is 0 Å². The molecular formula is C20H36O. The highest BCUT2D eigenvalue weighted by Gasteiger charge is 2.30. The monoisotopic (exact) mass is 292 g/mol. The molecule has 0 aromatic carbocycles. The van der Waals surface area contributed by atoms with Gasteiger partial charge in [0.25, 0.3) is 0 Å². The maximum Gasteiger partial charge on any atom is 0.0653 e. The molecule has 0 saturated heterocycles. The zero-order valence-electron chi connectivity index (χ0n) is 15.1. The third-order valence-electron chi connectivity index (χ3n) is 4.79. The van der Waals surface area contributed by atoms with Gasteiger partial charge in [0.05, 0.1) is 12.7 Å². The van der Waals surface area contributed by atoms with Gasteiger partial charge in [-0.2, -0.15) is 0 Å². The van der Waals surface area contributed by atoms with Gasteiger partial charge in [-0.15, -0.1) is 0 Å². The van der Waals surface area contributed by atoms with E-state index >= 15 is 0 Å². The van der Waals surface area contributed by atoms with E-state index in [-0.39, 0.29) is 0 Å². The average Bonchev–Trinajstić information content (AvgIpc) is 2.38. The Morgan fingerprint density at radius 1 is 1.14 bits per heavy atom. The van der Waals surface area contributed by atoms with Crippen molar-refractivity contribution in [1.82, 2.24) is 0 Å². The Hall–Kier alpha value is -0.560. The van der Waals surface area contributed by atoms with Crippen molar-refractivity contribution in [2.75, 3.05) is 6.61 Å². The largest absolute Gasteiger partial charge is 0.374 e. The van der Waals surface area contributed by atoms with Crippen LogP contribution in [0.4, 0.5) is 0 Å². The van der Waals surface area contributed by atoms with Crippen LogP contribution in [0.3, 0.4) is 0 Å². The van der Waals surface area contributed by atoms with Gasteiger partial charge in [-0.05, 0) is 64.2 Å². The molecule has 0 unspecified atom stereocenters. The zero-order valence-corrected chi connectivity index (χ0v) is 15.1. The van der Waals surface area contributed by atoms with Crippen LogP contribution in [0.25, 0.3) is 0 Å². The minimum Gasteiger partial charge on any atom is -0.374 e. The molecule has 1 saturated carbocycles. The normalized spacial score (nSPS) is 27.0. The van der Waals surface area contributed by atoms with Crippen LogP contribution in [0.1, 0.15) is 73.6 Å². The Morgan fingerprint density at radius 3 is 2.48 bits per heavy atom. The molecule has 0 aromatic heterocycles. The van der Waals surface area contributed by atoms with Crippen molar-refractivity contribution in [2.24, 2.45) is 17.8 Å². The molecule has 122 valence electrons. The van der Waals surface area contributed by atoms with Gasteiger partial charge in [0, 0.05) is 0 Å². The Morgan fingerprint density at radius 2 is 1.86 bits per heavy atom. The highest BCUT2D eigenvalue weighted by molar-refractivity contribution is 5.02. The molecule has 0 amide bonds. The summed E-state index contributed by atoms with van der Waals surface area (Å²) < 4.78 is 6.23. The second-order valence-corrected chi connectivity index (χ2v) is 7.57. The van der Waals surface area contributed by atoms with Crippen LogP contribution in [-0.4, -0.2) is 12.7 Å². The summed E-state index contributed by atoms with van der Waals surface area (Å²) in [6.45, 7) is 14.4. The Balaban J connectivity index is 2.39. The first-order valence-electron chi connectivity index (χ1n) is 8.80. The molecule has 1 fully saturated rings. The molecule has 0 bridgehead atoms. The summed E-state index contributed by atoms with van der Waals surface area (Å²) in [6.07, 6.45) is 11.3. The molecule has 0 radical (unpaired) electrons. The van der Waals surface area contributed by atoms with E-state index in [0.29, 0.717) is 6.10 Å². The molecule has 0 N–H and O–H groups in total. The van der Waals surface area contributed by atoms with Gasteiger partial charge in [0.1, 0.15) is 0 Å². The van der Waals surface area contributed by atoms with Crippen molar-refractivity contribution >= 4 is 0 Å². The van der Waals surface area contributed by atoms with Gasteiger partial charge in [-0.25, -0.2) is 0 Å². The van der Waals surface area contributed by atoms with Gasteiger partial charge in [0.2, 0.25) is 0 Å². The molecule has 0 heterocycles. The van der Waals surface area contributed by atoms with Crippen molar-refractivity contribution < 1.29 is 4.74 Å². The number of hydrogen-bond donors (Lipinski definition) is 0. The lowest BCUT2D eigenvalue weighted by atomic mass is 9.75. The fourth-order valence-electron chi connectivity index (χ4n) is 3.31. The van der Waals surface area contributed by atoms with Crippen LogP contribution in [0.5, 0.6) is 0 Å². The molecule has 21 heavy (non-hydrogen) atoms. The Bertz CT molecular complexity index is 347. The van der Waals surface area contributed by atoms with Crippen molar-refractivity contribution in [2.45, 2.75) is 79.8 Å². The minimum atomic E-state index is 0.468. The molecule has 0 aliphatic heterocycles. The summed E-state index contributed by atoms with van der Waals surface area (Å²) in [5, 5.41) is 0. The number of hydrogen-bond acceptors (Lipinski definition) is 1. The van der Waals surface area contributed by atoms with Crippen LogP contribution < -0.4 is 0 Å². The maximum absolute atomic E-state index is 6.23. The van der Waals surface area contributed by atoms with E-state index in [1.54, 1.807) is 0 Å². The summed E-state index contributed by atoms with van der Waals surface area (Å²) in [6, 6.07) is 0. The van der Waals surface area contributed by atoms with E-state index in [2.05, 4.69) is 53.7 Å². The third-order valence-corrected chi connectivity index (χ3v) is 4.79. The molecule has 3 atom stereocenters. The van der Waals surface area contributed by atoms with Crippen molar-refractivity contribution in [3.8, 4) is 0 Å². The van der Waals surface area contributed by atoms with E-state index in [9.17, 15) is 0 Å². The van der Waals surface area contributed by atoms with E-state index in [1.165, 1.54) is 30.4 Å². The third kappa shape index (κ3) is 7.31. The highest BCUT2D eigenvalue weighted by Crippen LogP contribution is 2.35. The second-order valence-electron chi connectivity index (χ2n) is 7.57. The molecule has 0 spiro atoms. The lowest BCUT2D eigenvalue weighted by Crippen LogP contribution is -2.34. The summed E-state index contributed by atoms with van der Waals surface area (Å²) in [5.74, 6) is 2.32. The van der Waals surface area contributed by atoms with Crippen molar-refractivity contribution in [3.63, 3.8) is 0 Å². The highest BCUT2D eigenvalue weighted by atomic mass is 16.5. The number of ether oxygens (including phenoxy) is 1. The van der Waals surface area contributed by atoms with Crippen LogP contribution in [-0.2, 0) is 4.74 Å². The fraction of sp³-hybridized carbons (Fsp3) is 0.800. The quantitative estimate of drug-likeness (QED) is 0.511. The Labute approximate surface area is 132 Å². The van der Waals surface area contributed by atoms with Gasteiger partial charge in [-0.1, -0.05) is 50.5 Å². The van der Waals surface area contributed by atoms with Gasteiger partial charge in [0.15, 0.2) is 0 Å². The Kier molecular flexibility index (Phi) is 8.33. The van der Waals surface area contributed by atoms with Crippen LogP contribution >= 0.6 is 0 Å². The van der Waals surface area contributed by atoms with Gasteiger partial charge < -0.3 is 4.74 Å². The predicted octanol–water partition coefficient (Wildman–Crippen LogP) is 6.16. The lowest BCUT2D eigenvalue weighted by Gasteiger charge is -2.37. The summed E-state index contributed by atoms with van der Waals surface area (Å²) in [7, 11) is 0. The zero-order chi connectivity index (χ0) is 15.8. The smallest absolute Gasteiger partial charge is 0.0653 e. The van der Waals surface area contributed by atoms with Crippen LogP contribution in [0.15, 0.2) is 23.3 Å². The summed E-state index contributed by atoms with van der Waals surface area (Å²) >= 11 is 0. The topological polar surface area (TPSA) is 9.23 Å². The summed E-state index contributed by atoms with van der Waals surface area (Å²) in [4.78, 5) is 0. The molecule has 0 aromatic rings. The fourth-order valence-corrected chi connectivity index (χ4v) is 3.31. The molecule has 1 aliphatic rings. The van der Waals surface area contributed by atoms with E-state index in [4.69, 9.17) is 4.74 Å². The lowest BCUT2D eigenvalue weighted by molar-refractivity contribution is -0.0264. The first kappa shape index (κ1) is 18.5. The van der Waals surface area contributed by atoms with Crippen molar-refractivity contribution in [1.29, 1.82) is 0 Å². The van der Waals surface area contributed by atoms with E-state index < -0.39 is 0 Å². The van der Waals surface area contributed by atoms with Gasteiger partial charge in [-0.3, -0.25) is 0 Å². The van der Waals surface area contributed by atoms with Crippen LogP contribution in [0, 0.1) is 17.8 Å². The SMILES string of the molecule is CC(C)=CCC/C(C)=C/CO[C@@H]1C[C@H](C)CC[C@H]1C(C)C. The van der Waals surface area contributed by atoms with E-state index in [0.717, 1.165) is 37.2 Å². The number of rotatable bonds is 7. The first-order valence-corrected chi connectivity index (χ1v) is 8.80. The second kappa shape index (κ2) is 9.46.